The number of benzene rings is 1. The topological polar surface area (TPSA) is 21.7 Å². The van der Waals surface area contributed by atoms with Gasteiger partial charge in [-0.3, -0.25) is 0 Å². The van der Waals surface area contributed by atoms with Crippen LogP contribution in [0.25, 0.3) is 0 Å². The molecule has 98 valence electrons. The van der Waals surface area contributed by atoms with Gasteiger partial charge in [-0.1, -0.05) is 6.07 Å². The van der Waals surface area contributed by atoms with Crippen molar-refractivity contribution in [2.24, 2.45) is 0 Å². The van der Waals surface area contributed by atoms with Gasteiger partial charge in [-0.05, 0) is 12.1 Å². The van der Waals surface area contributed by atoms with E-state index in [1.54, 1.807) is 0 Å². The Kier molecular flexibility index (Phi) is 5.09. The molecule has 2 aliphatic rings. The van der Waals surface area contributed by atoms with Gasteiger partial charge in [-0.15, -0.1) is 0 Å². The standard InChI is InChI=1S/C13H16FNO2S.Na/c14-10-7-11(9-12(18)8-10)15-3-1-13(2-4-15)16-5-6-17-13;/h7-9,18H,1-6H2;/q;+1/p-1. The molecule has 2 heterocycles. The fourth-order valence-corrected chi connectivity index (χ4v) is 2.86. The predicted octanol–water partition coefficient (Wildman–Crippen LogP) is -0.921. The largest absolute Gasteiger partial charge is 1.00 e. The summed E-state index contributed by atoms with van der Waals surface area (Å²) in [6.07, 6.45) is 1.63. The molecular weight excluding hydrogens is 276 g/mol. The van der Waals surface area contributed by atoms with Crippen LogP contribution in [0.1, 0.15) is 12.8 Å². The first-order chi connectivity index (χ1) is 8.67. The van der Waals surface area contributed by atoms with E-state index in [9.17, 15) is 4.39 Å². The molecule has 2 fully saturated rings. The molecule has 2 aliphatic heterocycles. The van der Waals surface area contributed by atoms with Crippen LogP contribution in [0.3, 0.4) is 0 Å². The second kappa shape index (κ2) is 6.24. The van der Waals surface area contributed by atoms with Crippen LogP contribution in [0.5, 0.6) is 0 Å². The second-order valence-electron chi connectivity index (χ2n) is 4.74. The summed E-state index contributed by atoms with van der Waals surface area (Å²) in [5, 5.41) is 0. The summed E-state index contributed by atoms with van der Waals surface area (Å²) in [5.74, 6) is -0.660. The zero-order valence-electron chi connectivity index (χ0n) is 11.0. The summed E-state index contributed by atoms with van der Waals surface area (Å²) in [7, 11) is 0. The van der Waals surface area contributed by atoms with Crippen molar-refractivity contribution in [3.8, 4) is 0 Å². The number of hydrogen-bond donors (Lipinski definition) is 0. The fraction of sp³-hybridized carbons (Fsp3) is 0.538. The first-order valence-electron chi connectivity index (χ1n) is 6.17. The van der Waals surface area contributed by atoms with Gasteiger partial charge in [0, 0.05) is 31.6 Å². The van der Waals surface area contributed by atoms with Crippen LogP contribution in [0.15, 0.2) is 23.1 Å². The Hall–Kier alpha value is 0.0900. The van der Waals surface area contributed by atoms with Crippen molar-refractivity contribution >= 4 is 18.3 Å². The second-order valence-corrected chi connectivity index (χ2v) is 5.21. The van der Waals surface area contributed by atoms with E-state index < -0.39 is 0 Å². The number of halogens is 1. The van der Waals surface area contributed by atoms with E-state index in [2.05, 4.69) is 4.90 Å². The SMILES string of the molecule is Fc1cc([S-])cc(N2CCC3(CC2)OCCO3)c1.[Na+]. The van der Waals surface area contributed by atoms with Crippen molar-refractivity contribution in [1.29, 1.82) is 0 Å². The number of piperidine rings is 1. The van der Waals surface area contributed by atoms with Gasteiger partial charge in [0.05, 0.1) is 13.2 Å². The number of rotatable bonds is 1. The van der Waals surface area contributed by atoms with E-state index in [0.717, 1.165) is 31.6 Å². The summed E-state index contributed by atoms with van der Waals surface area (Å²) in [4.78, 5) is 2.67. The Morgan fingerprint density at radius 2 is 1.74 bits per heavy atom. The number of ether oxygens (including phenoxy) is 2. The minimum atomic E-state index is -0.388. The van der Waals surface area contributed by atoms with E-state index in [4.69, 9.17) is 22.1 Å². The van der Waals surface area contributed by atoms with Gasteiger partial charge in [-0.25, -0.2) is 4.39 Å². The third kappa shape index (κ3) is 3.40. The molecule has 0 saturated carbocycles. The van der Waals surface area contributed by atoms with Crippen LogP contribution < -0.4 is 34.5 Å². The van der Waals surface area contributed by atoms with Gasteiger partial charge in [0.2, 0.25) is 0 Å². The van der Waals surface area contributed by atoms with Crippen molar-refractivity contribution in [1.82, 2.24) is 0 Å². The van der Waals surface area contributed by atoms with Crippen LogP contribution in [-0.4, -0.2) is 32.1 Å². The molecule has 0 unspecified atom stereocenters. The van der Waals surface area contributed by atoms with Crippen molar-refractivity contribution in [2.45, 2.75) is 23.5 Å². The molecule has 1 spiro atoms. The number of nitrogens with zero attached hydrogens (tertiary/aromatic N) is 1. The van der Waals surface area contributed by atoms with E-state index >= 15 is 0 Å². The van der Waals surface area contributed by atoms with Gasteiger partial charge >= 0.3 is 29.6 Å². The monoisotopic (exact) mass is 291 g/mol. The third-order valence-corrected chi connectivity index (χ3v) is 3.80. The maximum atomic E-state index is 13.3. The summed E-state index contributed by atoms with van der Waals surface area (Å²) in [6, 6.07) is 4.74. The third-order valence-electron chi connectivity index (χ3n) is 3.56. The minimum Gasteiger partial charge on any atom is -0.780 e. The van der Waals surface area contributed by atoms with Crippen LogP contribution in [0.2, 0.25) is 0 Å². The minimum absolute atomic E-state index is 0. The maximum absolute atomic E-state index is 13.3. The van der Waals surface area contributed by atoms with E-state index in [0.29, 0.717) is 18.1 Å². The molecule has 1 aromatic rings. The summed E-state index contributed by atoms with van der Waals surface area (Å²) in [6.45, 7) is 2.96. The maximum Gasteiger partial charge on any atom is 1.00 e. The predicted molar refractivity (Wildman–Crippen MR) is 68.1 cm³/mol. The van der Waals surface area contributed by atoms with Crippen molar-refractivity contribution in [2.75, 3.05) is 31.2 Å². The van der Waals surface area contributed by atoms with Crippen LogP contribution in [-0.2, 0) is 22.1 Å². The fourth-order valence-electron chi connectivity index (χ4n) is 2.62. The van der Waals surface area contributed by atoms with Gasteiger partial charge in [0.25, 0.3) is 0 Å². The summed E-state index contributed by atoms with van der Waals surface area (Å²) < 4.78 is 24.7. The van der Waals surface area contributed by atoms with Crippen molar-refractivity contribution in [3.05, 3.63) is 24.0 Å². The van der Waals surface area contributed by atoms with Gasteiger partial charge < -0.3 is 27.0 Å². The zero-order chi connectivity index (χ0) is 12.6. The molecule has 0 amide bonds. The van der Waals surface area contributed by atoms with Gasteiger partial charge in [0.1, 0.15) is 5.82 Å². The summed E-state index contributed by atoms with van der Waals surface area (Å²) >= 11 is 5.04. The Balaban J connectivity index is 0.00000133. The number of anilines is 1. The molecule has 6 heteroatoms. The first-order valence-corrected chi connectivity index (χ1v) is 6.58. The average Bonchev–Trinajstić information content (AvgIpc) is 2.77. The van der Waals surface area contributed by atoms with Crippen LogP contribution >= 0.6 is 0 Å². The smallest absolute Gasteiger partial charge is 0.780 e. The molecule has 0 bridgehead atoms. The molecule has 0 atom stereocenters. The van der Waals surface area contributed by atoms with E-state index in [1.807, 2.05) is 6.07 Å². The Bertz CT molecular complexity index is 424. The molecule has 0 radical (unpaired) electrons. The molecular formula is C13H15FNNaO2S. The average molecular weight is 291 g/mol. The molecule has 1 aromatic carbocycles. The van der Waals surface area contributed by atoms with Crippen molar-refractivity contribution in [3.63, 3.8) is 0 Å². The van der Waals surface area contributed by atoms with Crippen LogP contribution in [0.4, 0.5) is 10.1 Å². The van der Waals surface area contributed by atoms with Gasteiger partial charge in [-0.2, -0.15) is 4.90 Å². The quantitative estimate of drug-likeness (QED) is 0.493. The summed E-state index contributed by atoms with van der Waals surface area (Å²) in [5.41, 5.74) is 0.854. The zero-order valence-corrected chi connectivity index (χ0v) is 13.8. The van der Waals surface area contributed by atoms with Crippen molar-refractivity contribution < 1.29 is 43.4 Å². The number of hydrogen-bond acceptors (Lipinski definition) is 4. The Morgan fingerprint density at radius 3 is 2.32 bits per heavy atom. The molecule has 0 aromatic heterocycles. The Labute approximate surface area is 140 Å². The van der Waals surface area contributed by atoms with E-state index in [1.165, 1.54) is 12.1 Å². The molecule has 0 aliphatic carbocycles. The van der Waals surface area contributed by atoms with Gasteiger partial charge in [0.15, 0.2) is 5.79 Å². The molecule has 3 rings (SSSR count). The normalized spacial score (nSPS) is 21.4. The molecule has 0 N–H and O–H groups in total. The first kappa shape index (κ1) is 15.5. The van der Waals surface area contributed by atoms with E-state index in [-0.39, 0.29) is 41.2 Å². The Morgan fingerprint density at radius 1 is 1.11 bits per heavy atom. The molecule has 3 nitrogen and oxygen atoms in total. The molecule has 2 saturated heterocycles. The van der Waals surface area contributed by atoms with Crippen LogP contribution in [0, 0.1) is 5.82 Å². The molecule has 19 heavy (non-hydrogen) atoms.